The van der Waals surface area contributed by atoms with E-state index >= 15 is 0 Å². The van der Waals surface area contributed by atoms with Crippen LogP contribution in [0.5, 0.6) is 0 Å². The lowest BCUT2D eigenvalue weighted by Gasteiger charge is -2.05. The normalized spacial score (nSPS) is 11.0. The van der Waals surface area contributed by atoms with E-state index in [1.165, 1.54) is 24.3 Å². The Morgan fingerprint density at radius 3 is 2.67 bits per heavy atom. The number of rotatable bonds is 2. The van der Waals surface area contributed by atoms with Gasteiger partial charge in [0.25, 0.3) is 0 Å². The maximum Gasteiger partial charge on any atom is 0.335 e. The second kappa shape index (κ2) is 5.31. The molecule has 2 aromatic heterocycles. The van der Waals surface area contributed by atoms with E-state index in [1.54, 1.807) is 6.07 Å². The number of carboxylic acids is 1. The quantitative estimate of drug-likeness (QED) is 0.609. The summed E-state index contributed by atoms with van der Waals surface area (Å²) in [6.45, 7) is 0. The van der Waals surface area contributed by atoms with Crippen LogP contribution < -0.4 is 5.43 Å². The zero-order valence-electron chi connectivity index (χ0n) is 12.4. The molecule has 2 heterocycles. The molecule has 116 valence electrons. The predicted octanol–water partition coefficient (Wildman–Crippen LogP) is 3.71. The number of carboxylic acid groups (broad SMARTS) is 1. The fraction of sp³-hybridized carbons (Fsp3) is 0. The summed E-state index contributed by atoms with van der Waals surface area (Å²) in [6.07, 6.45) is 0. The largest absolute Gasteiger partial charge is 0.478 e. The van der Waals surface area contributed by atoms with Crippen LogP contribution in [0.2, 0.25) is 0 Å². The summed E-state index contributed by atoms with van der Waals surface area (Å²) in [7, 11) is 0. The molecule has 0 saturated carbocycles. The van der Waals surface area contributed by atoms with Gasteiger partial charge in [0.05, 0.1) is 16.5 Å². The van der Waals surface area contributed by atoms with Gasteiger partial charge in [0.1, 0.15) is 11.3 Å². The Morgan fingerprint density at radius 2 is 1.83 bits per heavy atom. The molecule has 5 heteroatoms. The molecule has 0 unspecified atom stereocenters. The van der Waals surface area contributed by atoms with Crippen molar-refractivity contribution in [2.45, 2.75) is 0 Å². The van der Waals surface area contributed by atoms with Crippen molar-refractivity contribution in [2.75, 3.05) is 0 Å². The van der Waals surface area contributed by atoms with Crippen molar-refractivity contribution in [3.8, 4) is 11.5 Å². The Labute approximate surface area is 135 Å². The van der Waals surface area contributed by atoms with Crippen LogP contribution in [0.3, 0.4) is 0 Å². The van der Waals surface area contributed by atoms with E-state index in [-0.39, 0.29) is 16.4 Å². The summed E-state index contributed by atoms with van der Waals surface area (Å²) < 4.78 is 5.76. The number of pyridine rings is 1. The van der Waals surface area contributed by atoms with Gasteiger partial charge in [0.2, 0.25) is 0 Å². The Balaban J connectivity index is 1.91. The molecule has 24 heavy (non-hydrogen) atoms. The highest BCUT2D eigenvalue weighted by Gasteiger charge is 2.11. The van der Waals surface area contributed by atoms with Crippen LogP contribution in [-0.4, -0.2) is 16.1 Å². The summed E-state index contributed by atoms with van der Waals surface area (Å²) in [4.78, 5) is 27.9. The second-order valence-corrected chi connectivity index (χ2v) is 5.38. The number of aromatic carboxylic acids is 1. The minimum Gasteiger partial charge on any atom is -0.478 e. The minimum absolute atomic E-state index is 0.0476. The maximum atomic E-state index is 12.3. The molecule has 4 aromatic rings. The van der Waals surface area contributed by atoms with Gasteiger partial charge in [-0.25, -0.2) is 9.78 Å². The SMILES string of the molecule is O=C(O)c1ccc2oc(-c3ccc4ccccc4n3)cc(=O)c2c1. The number of nitrogens with zero attached hydrogens (tertiary/aromatic N) is 1. The van der Waals surface area contributed by atoms with Crippen molar-refractivity contribution in [3.05, 3.63) is 76.5 Å². The highest BCUT2D eigenvalue weighted by atomic mass is 16.4. The first-order valence-electron chi connectivity index (χ1n) is 7.29. The summed E-state index contributed by atoms with van der Waals surface area (Å²) in [5.41, 5.74) is 1.43. The zero-order chi connectivity index (χ0) is 16.7. The first-order chi connectivity index (χ1) is 11.6. The standard InChI is InChI=1S/C19H11NO4/c21-16-10-18(15-7-5-11-3-1-2-4-14(11)20-15)24-17-8-6-12(19(22)23)9-13(16)17/h1-10H,(H,22,23). The van der Waals surface area contributed by atoms with Gasteiger partial charge in [-0.05, 0) is 30.3 Å². The third-order valence-electron chi connectivity index (χ3n) is 3.82. The van der Waals surface area contributed by atoms with Crippen molar-refractivity contribution in [1.29, 1.82) is 0 Å². The van der Waals surface area contributed by atoms with Crippen LogP contribution in [0.1, 0.15) is 10.4 Å². The molecule has 0 amide bonds. The first kappa shape index (κ1) is 14.1. The number of benzene rings is 2. The van der Waals surface area contributed by atoms with Crippen LogP contribution in [0.15, 0.2) is 69.9 Å². The number of aromatic nitrogens is 1. The van der Waals surface area contributed by atoms with Gasteiger partial charge in [-0.3, -0.25) is 4.79 Å². The number of carbonyl (C=O) groups is 1. The number of para-hydroxylation sites is 1. The Morgan fingerprint density at radius 1 is 1.00 bits per heavy atom. The van der Waals surface area contributed by atoms with Crippen LogP contribution in [0.4, 0.5) is 0 Å². The molecule has 0 radical (unpaired) electrons. The minimum atomic E-state index is -1.09. The van der Waals surface area contributed by atoms with E-state index in [1.807, 2.05) is 30.3 Å². The van der Waals surface area contributed by atoms with E-state index in [9.17, 15) is 9.59 Å². The van der Waals surface area contributed by atoms with E-state index in [4.69, 9.17) is 9.52 Å². The molecule has 0 aliphatic heterocycles. The van der Waals surface area contributed by atoms with Crippen LogP contribution in [0.25, 0.3) is 33.3 Å². The first-order valence-corrected chi connectivity index (χ1v) is 7.29. The highest BCUT2D eigenvalue weighted by Crippen LogP contribution is 2.23. The molecular formula is C19H11NO4. The summed E-state index contributed by atoms with van der Waals surface area (Å²) >= 11 is 0. The van der Waals surface area contributed by atoms with Gasteiger partial charge >= 0.3 is 5.97 Å². The molecule has 0 bridgehead atoms. The Bertz CT molecular complexity index is 1160. The maximum absolute atomic E-state index is 12.3. The molecule has 1 N–H and O–H groups in total. The smallest absolute Gasteiger partial charge is 0.335 e. The third kappa shape index (κ3) is 2.32. The molecule has 4 rings (SSSR count). The van der Waals surface area contributed by atoms with Gasteiger partial charge in [0.15, 0.2) is 11.2 Å². The van der Waals surface area contributed by atoms with Crippen molar-refractivity contribution < 1.29 is 14.3 Å². The van der Waals surface area contributed by atoms with E-state index in [0.717, 1.165) is 10.9 Å². The predicted molar refractivity (Wildman–Crippen MR) is 90.2 cm³/mol. The van der Waals surface area contributed by atoms with Crippen LogP contribution >= 0.6 is 0 Å². The summed E-state index contributed by atoms with van der Waals surface area (Å²) in [5, 5.41) is 10.3. The van der Waals surface area contributed by atoms with Gasteiger partial charge in [-0.2, -0.15) is 0 Å². The van der Waals surface area contributed by atoms with Crippen LogP contribution in [0, 0.1) is 0 Å². The third-order valence-corrected chi connectivity index (χ3v) is 3.82. The summed E-state index contributed by atoms with van der Waals surface area (Å²) in [6, 6.07) is 16.9. The lowest BCUT2D eigenvalue weighted by Crippen LogP contribution is -2.03. The molecule has 0 fully saturated rings. The van der Waals surface area contributed by atoms with Crippen molar-refractivity contribution in [2.24, 2.45) is 0 Å². The lowest BCUT2D eigenvalue weighted by molar-refractivity contribution is 0.0697. The molecule has 2 aromatic carbocycles. The molecule has 0 spiro atoms. The lowest BCUT2D eigenvalue weighted by atomic mass is 10.1. The fourth-order valence-electron chi connectivity index (χ4n) is 2.62. The molecule has 0 aliphatic rings. The Hall–Kier alpha value is -3.47. The zero-order valence-corrected chi connectivity index (χ0v) is 12.4. The fourth-order valence-corrected chi connectivity index (χ4v) is 2.62. The average molecular weight is 317 g/mol. The van der Waals surface area contributed by atoms with E-state index < -0.39 is 5.97 Å². The number of fused-ring (bicyclic) bond motifs is 2. The number of hydrogen-bond donors (Lipinski definition) is 1. The topological polar surface area (TPSA) is 80.4 Å². The van der Waals surface area contributed by atoms with Gasteiger partial charge in [-0.15, -0.1) is 0 Å². The highest BCUT2D eigenvalue weighted by molar-refractivity contribution is 5.93. The van der Waals surface area contributed by atoms with Crippen molar-refractivity contribution in [1.82, 2.24) is 4.98 Å². The molecule has 0 aliphatic carbocycles. The van der Waals surface area contributed by atoms with Gasteiger partial charge < -0.3 is 9.52 Å². The Kier molecular flexibility index (Phi) is 3.13. The second-order valence-electron chi connectivity index (χ2n) is 5.38. The van der Waals surface area contributed by atoms with E-state index in [0.29, 0.717) is 17.0 Å². The average Bonchev–Trinajstić information content (AvgIpc) is 2.61. The molecule has 0 atom stereocenters. The molecule has 5 nitrogen and oxygen atoms in total. The van der Waals surface area contributed by atoms with E-state index in [2.05, 4.69) is 4.98 Å². The monoisotopic (exact) mass is 317 g/mol. The summed E-state index contributed by atoms with van der Waals surface area (Å²) in [5.74, 6) is -0.738. The molecule has 0 saturated heterocycles. The van der Waals surface area contributed by atoms with Gasteiger partial charge in [-0.1, -0.05) is 24.3 Å². The van der Waals surface area contributed by atoms with Crippen LogP contribution in [-0.2, 0) is 0 Å². The number of hydrogen-bond acceptors (Lipinski definition) is 4. The molecular weight excluding hydrogens is 306 g/mol. The van der Waals surface area contributed by atoms with Crippen molar-refractivity contribution in [3.63, 3.8) is 0 Å². The van der Waals surface area contributed by atoms with Gasteiger partial charge in [0, 0.05) is 11.5 Å². The van der Waals surface area contributed by atoms with Crippen molar-refractivity contribution >= 4 is 27.8 Å².